The number of hydrogen-bond acceptors (Lipinski definition) is 7. The van der Waals surface area contributed by atoms with Crippen LogP contribution in [0.4, 0.5) is 13.2 Å². The van der Waals surface area contributed by atoms with E-state index in [0.29, 0.717) is 28.5 Å². The first-order valence-electron chi connectivity index (χ1n) is 11.0. The van der Waals surface area contributed by atoms with Crippen LogP contribution < -0.4 is 4.74 Å². The van der Waals surface area contributed by atoms with Crippen LogP contribution in [-0.2, 0) is 15.7 Å². The van der Waals surface area contributed by atoms with Crippen LogP contribution in [0.15, 0.2) is 22.5 Å². The lowest BCUT2D eigenvalue weighted by molar-refractivity contribution is -0.137. The molecule has 0 aliphatic heterocycles. The molecule has 2 aromatic heterocycles. The van der Waals surface area contributed by atoms with Gasteiger partial charge in [-0.15, -0.1) is 11.3 Å². The first-order valence-corrected chi connectivity index (χ1v) is 13.7. The third kappa shape index (κ3) is 6.74. The third-order valence-corrected chi connectivity index (χ3v) is 9.06. The average Bonchev–Trinajstić information content (AvgIpc) is 3.29. The maximum Gasteiger partial charge on any atom is 0.416 e. The number of ether oxygens (including phenoxy) is 2. The number of aryl methyl sites for hydroxylation is 2. The Bertz CT molecular complexity index is 1120. The molecule has 0 spiro atoms. The SMILES string of the molecule is CCCC(=O)Oc1sc(SCCC(CCOC)c2sc3cc(C(F)(F)F)ccc3c2C)nc1C. The largest absolute Gasteiger partial charge is 0.416 e. The van der Waals surface area contributed by atoms with Crippen LogP contribution in [0.5, 0.6) is 5.06 Å². The molecule has 3 aromatic rings. The zero-order valence-corrected chi connectivity index (χ0v) is 22.0. The highest BCUT2D eigenvalue weighted by Crippen LogP contribution is 2.42. The van der Waals surface area contributed by atoms with Crippen LogP contribution >= 0.6 is 34.4 Å². The maximum atomic E-state index is 13.2. The monoisotopic (exact) mass is 531 g/mol. The number of halogens is 3. The van der Waals surface area contributed by atoms with E-state index in [0.717, 1.165) is 51.2 Å². The summed E-state index contributed by atoms with van der Waals surface area (Å²) in [5.74, 6) is 0.701. The number of thiophene rings is 1. The van der Waals surface area contributed by atoms with Crippen molar-refractivity contribution >= 4 is 50.5 Å². The fraction of sp³-hybridized carbons (Fsp3) is 0.500. The van der Waals surface area contributed by atoms with Crippen molar-refractivity contribution in [2.24, 2.45) is 0 Å². The molecule has 1 aromatic carbocycles. The van der Waals surface area contributed by atoms with Gasteiger partial charge in [-0.25, -0.2) is 4.98 Å². The minimum absolute atomic E-state index is 0.169. The van der Waals surface area contributed by atoms with E-state index in [9.17, 15) is 18.0 Å². The number of thioether (sulfide) groups is 1. The van der Waals surface area contributed by atoms with Gasteiger partial charge in [-0.05, 0) is 62.1 Å². The molecule has 0 aliphatic carbocycles. The molecule has 0 fully saturated rings. The van der Waals surface area contributed by atoms with Gasteiger partial charge in [0.2, 0.25) is 5.06 Å². The van der Waals surface area contributed by atoms with E-state index in [2.05, 4.69) is 4.98 Å². The number of esters is 1. The second-order valence-corrected chi connectivity index (χ2v) is 11.4. The smallest absolute Gasteiger partial charge is 0.413 e. The average molecular weight is 532 g/mol. The molecule has 0 N–H and O–H groups in total. The lowest BCUT2D eigenvalue weighted by atomic mass is 9.96. The second kappa shape index (κ2) is 11.9. The zero-order chi connectivity index (χ0) is 24.9. The van der Waals surface area contributed by atoms with Crippen LogP contribution in [0, 0.1) is 13.8 Å². The van der Waals surface area contributed by atoms with E-state index in [1.807, 2.05) is 20.8 Å². The van der Waals surface area contributed by atoms with Crippen molar-refractivity contribution in [2.75, 3.05) is 19.5 Å². The Morgan fingerprint density at radius 1 is 1.21 bits per heavy atom. The van der Waals surface area contributed by atoms with Gasteiger partial charge in [-0.2, -0.15) is 13.2 Å². The van der Waals surface area contributed by atoms with Gasteiger partial charge in [-0.1, -0.05) is 36.1 Å². The number of hydrogen-bond donors (Lipinski definition) is 0. The van der Waals surface area contributed by atoms with Crippen LogP contribution in [0.3, 0.4) is 0 Å². The quantitative estimate of drug-likeness (QED) is 0.185. The number of rotatable bonds is 11. The van der Waals surface area contributed by atoms with Crippen LogP contribution in [-0.4, -0.2) is 30.4 Å². The van der Waals surface area contributed by atoms with Gasteiger partial charge in [0, 0.05) is 35.5 Å². The molecule has 0 amide bonds. The summed E-state index contributed by atoms with van der Waals surface area (Å²) in [6.45, 7) is 6.31. The summed E-state index contributed by atoms with van der Waals surface area (Å²) in [5.41, 5.74) is 1.12. The number of methoxy groups -OCH3 is 1. The molecular weight excluding hydrogens is 503 g/mol. The van der Waals surface area contributed by atoms with Crippen molar-refractivity contribution < 1.29 is 27.4 Å². The van der Waals surface area contributed by atoms with Crippen molar-refractivity contribution in [1.29, 1.82) is 0 Å². The third-order valence-electron chi connectivity index (χ3n) is 5.43. The minimum Gasteiger partial charge on any atom is -0.413 e. The number of aromatic nitrogens is 1. The standard InChI is InChI=1S/C24H28F3NO3S3/c1-5-6-20(29)31-22-15(3)28-23(34-22)32-12-10-16(9-11-30-4)21-14(2)18-8-7-17(24(25,26)27)13-19(18)33-21/h7-8,13,16H,5-6,9-12H2,1-4H3. The van der Waals surface area contributed by atoms with Crippen LogP contribution in [0.2, 0.25) is 0 Å². The van der Waals surface area contributed by atoms with Gasteiger partial charge in [-0.3, -0.25) is 4.79 Å². The highest BCUT2D eigenvalue weighted by Gasteiger charge is 2.31. The molecule has 1 unspecified atom stereocenters. The number of carbonyl (C=O) groups excluding carboxylic acids is 1. The molecule has 0 bridgehead atoms. The second-order valence-electron chi connectivity index (χ2n) is 7.99. The van der Waals surface area contributed by atoms with E-state index >= 15 is 0 Å². The molecule has 34 heavy (non-hydrogen) atoms. The number of thiazole rings is 1. The fourth-order valence-electron chi connectivity index (χ4n) is 3.64. The van der Waals surface area contributed by atoms with Gasteiger partial charge < -0.3 is 9.47 Å². The van der Waals surface area contributed by atoms with Gasteiger partial charge >= 0.3 is 12.1 Å². The van der Waals surface area contributed by atoms with Crippen molar-refractivity contribution in [3.63, 3.8) is 0 Å². The Labute approximate surface area is 209 Å². The number of benzene rings is 1. The summed E-state index contributed by atoms with van der Waals surface area (Å²) < 4.78 is 51.7. The van der Waals surface area contributed by atoms with E-state index in [-0.39, 0.29) is 11.9 Å². The summed E-state index contributed by atoms with van der Waals surface area (Å²) in [6.07, 6.45) is -1.63. The summed E-state index contributed by atoms with van der Waals surface area (Å²) in [7, 11) is 1.65. The highest BCUT2D eigenvalue weighted by molar-refractivity contribution is 8.01. The lowest BCUT2D eigenvalue weighted by Crippen LogP contribution is -2.06. The van der Waals surface area contributed by atoms with Crippen molar-refractivity contribution in [3.05, 3.63) is 39.9 Å². The predicted molar refractivity (Wildman–Crippen MR) is 134 cm³/mol. The Morgan fingerprint density at radius 3 is 2.65 bits per heavy atom. The van der Waals surface area contributed by atoms with Crippen molar-refractivity contribution in [3.8, 4) is 5.06 Å². The van der Waals surface area contributed by atoms with Crippen molar-refractivity contribution in [2.45, 2.75) is 62.9 Å². The van der Waals surface area contributed by atoms with Crippen molar-refractivity contribution in [1.82, 2.24) is 4.98 Å². The highest BCUT2D eigenvalue weighted by atomic mass is 32.2. The number of nitrogens with zero attached hydrogens (tertiary/aromatic N) is 1. The zero-order valence-electron chi connectivity index (χ0n) is 19.6. The molecule has 4 nitrogen and oxygen atoms in total. The number of fused-ring (bicyclic) bond motifs is 1. The molecule has 0 aliphatic rings. The van der Waals surface area contributed by atoms with E-state index < -0.39 is 11.7 Å². The molecule has 10 heteroatoms. The molecule has 0 saturated carbocycles. The Hall–Kier alpha value is -1.62. The van der Waals surface area contributed by atoms with E-state index in [4.69, 9.17) is 9.47 Å². The van der Waals surface area contributed by atoms with Gasteiger partial charge in [0.25, 0.3) is 0 Å². The first-order chi connectivity index (χ1) is 16.1. The van der Waals surface area contributed by atoms with E-state index in [1.165, 1.54) is 28.7 Å². The van der Waals surface area contributed by atoms with Crippen LogP contribution in [0.25, 0.3) is 10.1 Å². The molecular formula is C24H28F3NO3S3. The van der Waals surface area contributed by atoms with Gasteiger partial charge in [0.15, 0.2) is 4.34 Å². The lowest BCUT2D eigenvalue weighted by Gasteiger charge is -2.16. The molecule has 0 saturated heterocycles. The number of carbonyl (C=O) groups is 1. The molecule has 0 radical (unpaired) electrons. The Kier molecular flexibility index (Phi) is 9.42. The molecule has 186 valence electrons. The fourth-order valence-corrected chi connectivity index (χ4v) is 7.22. The minimum atomic E-state index is -4.35. The van der Waals surface area contributed by atoms with Crippen LogP contribution in [0.1, 0.15) is 60.2 Å². The van der Waals surface area contributed by atoms with Gasteiger partial charge in [0.05, 0.1) is 11.3 Å². The number of alkyl halides is 3. The summed E-state index contributed by atoms with van der Waals surface area (Å²) in [5, 5.41) is 1.41. The first kappa shape index (κ1) is 27.0. The topological polar surface area (TPSA) is 48.4 Å². The Balaban J connectivity index is 1.73. The predicted octanol–water partition coefficient (Wildman–Crippen LogP) is 8.00. The maximum absolute atomic E-state index is 13.2. The molecule has 2 heterocycles. The molecule has 1 atom stereocenters. The van der Waals surface area contributed by atoms with Gasteiger partial charge in [0.1, 0.15) is 0 Å². The Morgan fingerprint density at radius 2 is 1.97 bits per heavy atom. The van der Waals surface area contributed by atoms with E-state index in [1.54, 1.807) is 24.9 Å². The normalized spacial score (nSPS) is 12.9. The molecule has 3 rings (SSSR count). The summed E-state index contributed by atoms with van der Waals surface area (Å²) >= 11 is 4.41. The summed E-state index contributed by atoms with van der Waals surface area (Å²) in [6, 6.07) is 3.98. The summed E-state index contributed by atoms with van der Waals surface area (Å²) in [4.78, 5) is 17.4.